The Bertz CT molecular complexity index is 1000. The number of rotatable bonds is 7. The molecule has 30 heavy (non-hydrogen) atoms. The minimum Gasteiger partial charge on any atom is -0.352 e. The quantitative estimate of drug-likeness (QED) is 0.617. The van der Waals surface area contributed by atoms with E-state index in [9.17, 15) is 9.18 Å². The Morgan fingerprint density at radius 2 is 1.93 bits per heavy atom. The molecule has 1 saturated heterocycles. The van der Waals surface area contributed by atoms with Crippen molar-refractivity contribution in [1.29, 1.82) is 0 Å². The van der Waals surface area contributed by atoms with Crippen molar-refractivity contribution in [3.05, 3.63) is 71.7 Å². The summed E-state index contributed by atoms with van der Waals surface area (Å²) in [4.78, 5) is 14.0. The molecule has 1 aliphatic rings. The summed E-state index contributed by atoms with van der Waals surface area (Å²) in [6, 6.07) is 16.2. The predicted molar refractivity (Wildman–Crippen MR) is 119 cm³/mol. The van der Waals surface area contributed by atoms with Crippen LogP contribution in [-0.2, 0) is 17.8 Å². The fourth-order valence-corrected chi connectivity index (χ4v) is 4.35. The standard InChI is InChI=1S/C25H30FN3O/c1-2-25(30)27-18-19-7-8-21-10-16-29(24(21)17-19)22-11-14-28(15-12-22)13-9-20-5-3-4-6-23(20)26/h3-8,10,16-17,22H,2,9,11-15,18H2,1H3,(H,27,30). The van der Waals surface area contributed by atoms with E-state index in [0.29, 0.717) is 19.0 Å². The highest BCUT2D eigenvalue weighted by atomic mass is 19.1. The van der Waals surface area contributed by atoms with Crippen LogP contribution in [0.3, 0.4) is 0 Å². The molecule has 0 aliphatic carbocycles. The number of nitrogens with one attached hydrogen (secondary N) is 1. The summed E-state index contributed by atoms with van der Waals surface area (Å²) >= 11 is 0. The van der Waals surface area contributed by atoms with E-state index in [4.69, 9.17) is 0 Å². The van der Waals surface area contributed by atoms with Gasteiger partial charge >= 0.3 is 0 Å². The zero-order valence-corrected chi connectivity index (χ0v) is 17.6. The second kappa shape index (κ2) is 9.43. The van der Waals surface area contributed by atoms with Crippen molar-refractivity contribution in [2.45, 2.75) is 45.2 Å². The normalized spacial score (nSPS) is 15.5. The van der Waals surface area contributed by atoms with Gasteiger partial charge in [-0.25, -0.2) is 4.39 Å². The molecule has 0 spiro atoms. The van der Waals surface area contributed by atoms with Gasteiger partial charge in [-0.1, -0.05) is 37.3 Å². The highest BCUT2D eigenvalue weighted by Crippen LogP contribution is 2.28. The lowest BCUT2D eigenvalue weighted by Crippen LogP contribution is -2.35. The van der Waals surface area contributed by atoms with Gasteiger partial charge in [0.25, 0.3) is 0 Å². The van der Waals surface area contributed by atoms with Crippen LogP contribution in [0, 0.1) is 5.82 Å². The third-order valence-corrected chi connectivity index (χ3v) is 6.20. The summed E-state index contributed by atoms with van der Waals surface area (Å²) in [6.45, 7) is 5.41. The molecule has 2 aromatic carbocycles. The number of amides is 1. The van der Waals surface area contributed by atoms with Gasteiger partial charge < -0.3 is 14.8 Å². The van der Waals surface area contributed by atoms with E-state index in [1.54, 1.807) is 12.1 Å². The minimum absolute atomic E-state index is 0.0771. The minimum atomic E-state index is -0.0999. The van der Waals surface area contributed by atoms with Crippen LogP contribution in [0.2, 0.25) is 0 Å². The fraction of sp³-hybridized carbons (Fsp3) is 0.400. The van der Waals surface area contributed by atoms with Gasteiger partial charge in [-0.2, -0.15) is 0 Å². The Hall–Kier alpha value is -2.66. The van der Waals surface area contributed by atoms with Crippen LogP contribution in [0.25, 0.3) is 10.9 Å². The lowest BCUT2D eigenvalue weighted by atomic mass is 10.0. The largest absolute Gasteiger partial charge is 0.352 e. The van der Waals surface area contributed by atoms with Gasteiger partial charge in [-0.05, 0) is 54.0 Å². The van der Waals surface area contributed by atoms with Crippen LogP contribution in [0.1, 0.15) is 43.4 Å². The first kappa shape index (κ1) is 20.6. The average Bonchev–Trinajstić information content (AvgIpc) is 3.20. The van der Waals surface area contributed by atoms with E-state index in [-0.39, 0.29) is 11.7 Å². The second-order valence-corrected chi connectivity index (χ2v) is 8.16. The molecule has 4 nitrogen and oxygen atoms in total. The third-order valence-electron chi connectivity index (χ3n) is 6.20. The average molecular weight is 408 g/mol. The summed E-state index contributed by atoms with van der Waals surface area (Å²) in [5.74, 6) is -0.0228. The van der Waals surface area contributed by atoms with Gasteiger partial charge in [-0.3, -0.25) is 4.79 Å². The molecular weight excluding hydrogens is 377 g/mol. The van der Waals surface area contributed by atoms with Crippen molar-refractivity contribution >= 4 is 16.8 Å². The third kappa shape index (κ3) is 4.73. The van der Waals surface area contributed by atoms with E-state index in [0.717, 1.165) is 50.0 Å². The molecule has 0 radical (unpaired) electrons. The van der Waals surface area contributed by atoms with Crippen LogP contribution in [0.4, 0.5) is 4.39 Å². The lowest BCUT2D eigenvalue weighted by molar-refractivity contribution is -0.120. The summed E-state index contributed by atoms with van der Waals surface area (Å²) in [5.41, 5.74) is 3.17. The molecule has 1 aliphatic heterocycles. The van der Waals surface area contributed by atoms with Gasteiger partial charge in [0.1, 0.15) is 5.82 Å². The molecule has 5 heteroatoms. The van der Waals surface area contributed by atoms with Crippen LogP contribution in [-0.4, -0.2) is 35.0 Å². The van der Waals surface area contributed by atoms with Gasteiger partial charge in [-0.15, -0.1) is 0 Å². The lowest BCUT2D eigenvalue weighted by Gasteiger charge is -2.33. The summed E-state index contributed by atoms with van der Waals surface area (Å²) in [5, 5.41) is 4.20. The molecule has 2 heterocycles. The first-order valence-corrected chi connectivity index (χ1v) is 11.0. The number of hydrogen-bond donors (Lipinski definition) is 1. The molecule has 1 N–H and O–H groups in total. The highest BCUT2D eigenvalue weighted by Gasteiger charge is 2.21. The summed E-state index contributed by atoms with van der Waals surface area (Å²) < 4.78 is 16.2. The molecule has 4 rings (SSSR count). The summed E-state index contributed by atoms with van der Waals surface area (Å²) in [7, 11) is 0. The molecule has 0 bridgehead atoms. The van der Waals surface area contributed by atoms with Crippen molar-refractivity contribution in [2.24, 2.45) is 0 Å². The molecule has 0 saturated carbocycles. The van der Waals surface area contributed by atoms with Crippen molar-refractivity contribution in [1.82, 2.24) is 14.8 Å². The predicted octanol–water partition coefficient (Wildman–Crippen LogP) is 4.69. The topological polar surface area (TPSA) is 37.3 Å². The number of aromatic nitrogens is 1. The number of carbonyl (C=O) groups is 1. The molecule has 3 aromatic rings. The Kier molecular flexibility index (Phi) is 6.48. The van der Waals surface area contributed by atoms with Gasteiger partial charge in [0.2, 0.25) is 5.91 Å². The van der Waals surface area contributed by atoms with Crippen LogP contribution in [0.15, 0.2) is 54.7 Å². The zero-order chi connectivity index (χ0) is 20.9. The van der Waals surface area contributed by atoms with Crippen LogP contribution in [0.5, 0.6) is 0 Å². The Morgan fingerprint density at radius 1 is 1.13 bits per heavy atom. The zero-order valence-electron chi connectivity index (χ0n) is 17.6. The van der Waals surface area contributed by atoms with Crippen LogP contribution >= 0.6 is 0 Å². The van der Waals surface area contributed by atoms with Crippen molar-refractivity contribution in [3.63, 3.8) is 0 Å². The van der Waals surface area contributed by atoms with Crippen molar-refractivity contribution in [2.75, 3.05) is 19.6 Å². The smallest absolute Gasteiger partial charge is 0.219 e. The second-order valence-electron chi connectivity index (χ2n) is 8.16. The Balaban J connectivity index is 1.37. The van der Waals surface area contributed by atoms with Crippen molar-refractivity contribution in [3.8, 4) is 0 Å². The maximum atomic E-state index is 13.8. The maximum absolute atomic E-state index is 13.8. The summed E-state index contributed by atoms with van der Waals surface area (Å²) in [6.07, 6.45) is 5.65. The van der Waals surface area contributed by atoms with Gasteiger partial charge in [0, 0.05) is 50.4 Å². The maximum Gasteiger partial charge on any atom is 0.219 e. The fourth-order valence-electron chi connectivity index (χ4n) is 4.35. The monoisotopic (exact) mass is 407 g/mol. The Morgan fingerprint density at radius 3 is 2.70 bits per heavy atom. The number of fused-ring (bicyclic) bond motifs is 1. The molecule has 0 unspecified atom stereocenters. The molecular formula is C25H30FN3O. The van der Waals surface area contributed by atoms with Crippen molar-refractivity contribution < 1.29 is 9.18 Å². The van der Waals surface area contributed by atoms with E-state index >= 15 is 0 Å². The molecule has 1 amide bonds. The van der Waals surface area contributed by atoms with E-state index in [1.165, 1.54) is 10.9 Å². The van der Waals surface area contributed by atoms with E-state index in [1.807, 2.05) is 19.1 Å². The number of halogens is 1. The highest BCUT2D eigenvalue weighted by molar-refractivity contribution is 5.81. The number of hydrogen-bond acceptors (Lipinski definition) is 2. The first-order chi connectivity index (χ1) is 14.6. The SMILES string of the molecule is CCC(=O)NCc1ccc2ccn(C3CCN(CCc4ccccc4F)CC3)c2c1. The number of nitrogens with zero attached hydrogens (tertiary/aromatic N) is 2. The number of benzene rings is 2. The van der Waals surface area contributed by atoms with E-state index < -0.39 is 0 Å². The Labute approximate surface area is 177 Å². The molecule has 0 atom stereocenters. The number of piperidine rings is 1. The van der Waals surface area contributed by atoms with E-state index in [2.05, 4.69) is 45.2 Å². The molecule has 1 fully saturated rings. The number of carbonyl (C=O) groups excluding carboxylic acids is 1. The van der Waals surface area contributed by atoms with Gasteiger partial charge in [0.05, 0.1) is 0 Å². The van der Waals surface area contributed by atoms with Crippen LogP contribution < -0.4 is 5.32 Å². The van der Waals surface area contributed by atoms with Gasteiger partial charge in [0.15, 0.2) is 0 Å². The first-order valence-electron chi connectivity index (χ1n) is 11.0. The number of likely N-dealkylation sites (tertiary alicyclic amines) is 1. The molecule has 1 aromatic heterocycles. The molecule has 158 valence electrons.